The molecular formula is C14H16N4O2. The van der Waals surface area contributed by atoms with Crippen LogP contribution < -0.4 is 0 Å². The number of rotatable bonds is 3. The number of carbonyl (C=O) groups excluding carboxylic acids is 1. The van der Waals surface area contributed by atoms with Gasteiger partial charge >= 0.3 is 6.09 Å². The molecule has 1 aromatic carbocycles. The van der Waals surface area contributed by atoms with Crippen LogP contribution >= 0.6 is 0 Å². The van der Waals surface area contributed by atoms with Crippen molar-refractivity contribution in [1.29, 1.82) is 0 Å². The van der Waals surface area contributed by atoms with Gasteiger partial charge in [-0.3, -0.25) is 0 Å². The molecule has 0 radical (unpaired) electrons. The predicted octanol–water partition coefficient (Wildman–Crippen LogP) is 1.86. The monoisotopic (exact) mass is 272 g/mol. The van der Waals surface area contributed by atoms with E-state index in [2.05, 4.69) is 10.2 Å². The summed E-state index contributed by atoms with van der Waals surface area (Å²) in [7, 11) is 0. The van der Waals surface area contributed by atoms with Crippen molar-refractivity contribution in [1.82, 2.24) is 19.9 Å². The minimum atomic E-state index is -0.275. The molecule has 104 valence electrons. The highest BCUT2D eigenvalue weighted by Crippen LogP contribution is 2.20. The zero-order chi connectivity index (χ0) is 13.8. The maximum absolute atomic E-state index is 12.0. The first-order valence-corrected chi connectivity index (χ1v) is 6.64. The molecule has 1 aromatic heterocycles. The molecule has 0 spiro atoms. The van der Waals surface area contributed by atoms with Crippen LogP contribution in [0.2, 0.25) is 0 Å². The maximum atomic E-state index is 12.0. The van der Waals surface area contributed by atoms with Crippen LogP contribution in [0.3, 0.4) is 0 Å². The normalized spacial score (nSPS) is 18.2. The van der Waals surface area contributed by atoms with Gasteiger partial charge in [0.15, 0.2) is 0 Å². The van der Waals surface area contributed by atoms with E-state index in [4.69, 9.17) is 4.74 Å². The molecule has 1 aliphatic heterocycles. The van der Waals surface area contributed by atoms with Gasteiger partial charge in [-0.05, 0) is 12.0 Å². The molecule has 1 aliphatic rings. The standard InChI is InChI=1S/C14H16N4O2/c19-14(20-11-12-4-2-1-3-5-12)17-9-6-13(10-17)18-15-7-8-16-18/h1-5,7-8,13H,6,9-11H2. The number of amides is 1. The van der Waals surface area contributed by atoms with Crippen LogP contribution in [-0.2, 0) is 11.3 Å². The van der Waals surface area contributed by atoms with Crippen molar-refractivity contribution < 1.29 is 9.53 Å². The summed E-state index contributed by atoms with van der Waals surface area (Å²) in [5, 5.41) is 8.22. The van der Waals surface area contributed by atoms with E-state index < -0.39 is 0 Å². The fourth-order valence-corrected chi connectivity index (χ4v) is 2.32. The molecule has 6 heteroatoms. The lowest BCUT2D eigenvalue weighted by Crippen LogP contribution is -2.30. The number of aromatic nitrogens is 3. The Morgan fingerprint density at radius 2 is 2.00 bits per heavy atom. The molecule has 6 nitrogen and oxygen atoms in total. The number of hydrogen-bond acceptors (Lipinski definition) is 4. The summed E-state index contributed by atoms with van der Waals surface area (Å²) in [6.07, 6.45) is 3.88. The summed E-state index contributed by atoms with van der Waals surface area (Å²) in [6.45, 7) is 1.59. The van der Waals surface area contributed by atoms with E-state index in [9.17, 15) is 4.79 Å². The van der Waals surface area contributed by atoms with Crippen molar-refractivity contribution in [3.63, 3.8) is 0 Å². The Morgan fingerprint density at radius 3 is 2.75 bits per heavy atom. The molecule has 1 atom stereocenters. The lowest BCUT2D eigenvalue weighted by atomic mass is 10.2. The van der Waals surface area contributed by atoms with Gasteiger partial charge < -0.3 is 9.64 Å². The Kier molecular flexibility index (Phi) is 3.62. The fraction of sp³-hybridized carbons (Fsp3) is 0.357. The first-order valence-electron chi connectivity index (χ1n) is 6.64. The Morgan fingerprint density at radius 1 is 1.25 bits per heavy atom. The third-order valence-corrected chi connectivity index (χ3v) is 3.39. The lowest BCUT2D eigenvalue weighted by Gasteiger charge is -2.16. The van der Waals surface area contributed by atoms with Crippen LogP contribution in [0.1, 0.15) is 18.0 Å². The molecule has 2 heterocycles. The Labute approximate surface area is 117 Å². The Hall–Kier alpha value is -2.37. The van der Waals surface area contributed by atoms with E-state index in [1.807, 2.05) is 30.3 Å². The average molecular weight is 272 g/mol. The van der Waals surface area contributed by atoms with Gasteiger partial charge in [0, 0.05) is 13.1 Å². The fourth-order valence-electron chi connectivity index (χ4n) is 2.32. The third-order valence-electron chi connectivity index (χ3n) is 3.39. The highest BCUT2D eigenvalue weighted by atomic mass is 16.6. The molecule has 3 rings (SSSR count). The van der Waals surface area contributed by atoms with E-state index in [0.717, 1.165) is 12.0 Å². The molecular weight excluding hydrogens is 256 g/mol. The zero-order valence-electron chi connectivity index (χ0n) is 11.1. The van der Waals surface area contributed by atoms with Crippen molar-refractivity contribution in [2.75, 3.05) is 13.1 Å². The van der Waals surface area contributed by atoms with Gasteiger partial charge in [0.05, 0.1) is 18.4 Å². The van der Waals surface area contributed by atoms with E-state index >= 15 is 0 Å². The van der Waals surface area contributed by atoms with Crippen molar-refractivity contribution in [2.24, 2.45) is 0 Å². The number of benzene rings is 1. The van der Waals surface area contributed by atoms with Crippen LogP contribution in [0.4, 0.5) is 4.79 Å². The molecule has 0 saturated carbocycles. The predicted molar refractivity (Wildman–Crippen MR) is 71.9 cm³/mol. The number of likely N-dealkylation sites (tertiary alicyclic amines) is 1. The van der Waals surface area contributed by atoms with Crippen LogP contribution in [0.25, 0.3) is 0 Å². The highest BCUT2D eigenvalue weighted by Gasteiger charge is 2.29. The SMILES string of the molecule is O=C(OCc1ccccc1)N1CCC(n2nccn2)C1. The van der Waals surface area contributed by atoms with Gasteiger partial charge in [-0.1, -0.05) is 30.3 Å². The van der Waals surface area contributed by atoms with Gasteiger partial charge in [-0.2, -0.15) is 15.0 Å². The molecule has 0 aliphatic carbocycles. The lowest BCUT2D eigenvalue weighted by molar-refractivity contribution is 0.103. The molecule has 1 fully saturated rings. The van der Waals surface area contributed by atoms with Gasteiger partial charge in [0.1, 0.15) is 6.61 Å². The van der Waals surface area contributed by atoms with Crippen LogP contribution in [0, 0.1) is 0 Å². The number of hydrogen-bond donors (Lipinski definition) is 0. The van der Waals surface area contributed by atoms with E-state index in [-0.39, 0.29) is 12.1 Å². The van der Waals surface area contributed by atoms with Gasteiger partial charge in [-0.15, -0.1) is 0 Å². The summed E-state index contributed by atoms with van der Waals surface area (Å²) in [5.74, 6) is 0. The molecule has 0 bridgehead atoms. The number of ether oxygens (including phenoxy) is 1. The maximum Gasteiger partial charge on any atom is 0.410 e. The zero-order valence-corrected chi connectivity index (χ0v) is 11.1. The molecule has 20 heavy (non-hydrogen) atoms. The summed E-state index contributed by atoms with van der Waals surface area (Å²) in [5.41, 5.74) is 0.991. The summed E-state index contributed by atoms with van der Waals surface area (Å²) in [4.78, 5) is 15.3. The Balaban J connectivity index is 1.51. The topological polar surface area (TPSA) is 60.2 Å². The molecule has 0 N–H and O–H groups in total. The quantitative estimate of drug-likeness (QED) is 0.855. The second kappa shape index (κ2) is 5.73. The van der Waals surface area contributed by atoms with E-state index in [1.165, 1.54) is 0 Å². The number of nitrogens with zero attached hydrogens (tertiary/aromatic N) is 4. The molecule has 2 aromatic rings. The van der Waals surface area contributed by atoms with Gasteiger partial charge in [-0.25, -0.2) is 4.79 Å². The smallest absolute Gasteiger partial charge is 0.410 e. The van der Waals surface area contributed by atoms with Crippen molar-refractivity contribution >= 4 is 6.09 Å². The third kappa shape index (κ3) is 2.79. The molecule has 1 saturated heterocycles. The summed E-state index contributed by atoms with van der Waals surface area (Å²) < 4.78 is 5.31. The molecule has 1 unspecified atom stereocenters. The van der Waals surface area contributed by atoms with Crippen molar-refractivity contribution in [3.05, 3.63) is 48.3 Å². The number of carbonyl (C=O) groups is 1. The minimum absolute atomic E-state index is 0.147. The first kappa shape index (κ1) is 12.7. The van der Waals surface area contributed by atoms with Gasteiger partial charge in [0.2, 0.25) is 0 Å². The largest absolute Gasteiger partial charge is 0.445 e. The van der Waals surface area contributed by atoms with Crippen LogP contribution in [0.5, 0.6) is 0 Å². The Bertz CT molecular complexity index is 556. The van der Waals surface area contributed by atoms with Crippen LogP contribution in [-0.4, -0.2) is 39.1 Å². The van der Waals surface area contributed by atoms with Crippen molar-refractivity contribution in [2.45, 2.75) is 19.1 Å². The summed E-state index contributed by atoms with van der Waals surface area (Å²) >= 11 is 0. The second-order valence-corrected chi connectivity index (χ2v) is 4.78. The second-order valence-electron chi connectivity index (χ2n) is 4.78. The van der Waals surface area contributed by atoms with E-state index in [1.54, 1.807) is 22.1 Å². The van der Waals surface area contributed by atoms with E-state index in [0.29, 0.717) is 19.7 Å². The van der Waals surface area contributed by atoms with Crippen LogP contribution in [0.15, 0.2) is 42.7 Å². The first-order chi connectivity index (χ1) is 9.83. The highest BCUT2D eigenvalue weighted by molar-refractivity contribution is 5.68. The average Bonchev–Trinajstić information content (AvgIpc) is 3.16. The van der Waals surface area contributed by atoms with Crippen molar-refractivity contribution in [3.8, 4) is 0 Å². The van der Waals surface area contributed by atoms with Gasteiger partial charge in [0.25, 0.3) is 0 Å². The minimum Gasteiger partial charge on any atom is -0.445 e. The molecule has 1 amide bonds. The summed E-state index contributed by atoms with van der Waals surface area (Å²) in [6, 6.07) is 9.82.